The summed E-state index contributed by atoms with van der Waals surface area (Å²) in [4.78, 5) is 29.2. The average Bonchev–Trinajstić information content (AvgIpc) is 3.06. The van der Waals surface area contributed by atoms with E-state index in [-0.39, 0.29) is 18.2 Å². The Hall–Kier alpha value is -2.91. The van der Waals surface area contributed by atoms with Crippen molar-refractivity contribution in [3.63, 3.8) is 0 Å². The number of fused-ring (bicyclic) bond motifs is 1. The first kappa shape index (κ1) is 20.4. The van der Waals surface area contributed by atoms with Gasteiger partial charge in [-0.25, -0.2) is 4.99 Å². The van der Waals surface area contributed by atoms with Gasteiger partial charge in [-0.2, -0.15) is 0 Å². The molecule has 156 valence electrons. The first-order valence-corrected chi connectivity index (χ1v) is 10.4. The number of amidine groups is 1. The number of nitrogens with zero attached hydrogens (tertiary/aromatic N) is 1. The maximum atomic E-state index is 12.4. The summed E-state index contributed by atoms with van der Waals surface area (Å²) in [5, 5.41) is 5.75. The van der Waals surface area contributed by atoms with Gasteiger partial charge < -0.3 is 24.8 Å². The normalized spacial score (nSPS) is 18.8. The van der Waals surface area contributed by atoms with Crippen LogP contribution in [0.15, 0.2) is 41.4 Å². The minimum Gasteiger partial charge on any atom is -0.495 e. The van der Waals surface area contributed by atoms with Crippen LogP contribution in [0, 0.1) is 0 Å². The summed E-state index contributed by atoms with van der Waals surface area (Å²) in [5.74, 6) is 1.16. The summed E-state index contributed by atoms with van der Waals surface area (Å²) >= 11 is 7.19. The Morgan fingerprint density at radius 3 is 2.87 bits per heavy atom. The topological polar surface area (TPSA) is 98.2 Å². The third-order valence-corrected chi connectivity index (χ3v) is 5.66. The highest BCUT2D eigenvalue weighted by Gasteiger charge is 2.32. The molecule has 10 heteroatoms. The number of hydrogen-bond acceptors (Lipinski definition) is 7. The molecular formula is C20H18ClN3O5S. The number of rotatable bonds is 5. The zero-order valence-electron chi connectivity index (χ0n) is 15.9. The Morgan fingerprint density at radius 2 is 2.07 bits per heavy atom. The molecule has 4 rings (SSSR count). The second-order valence-electron chi connectivity index (χ2n) is 6.44. The predicted octanol–water partition coefficient (Wildman–Crippen LogP) is 3.37. The van der Waals surface area contributed by atoms with Crippen LogP contribution >= 0.6 is 23.4 Å². The molecule has 0 aromatic heterocycles. The first-order chi connectivity index (χ1) is 14.5. The number of methoxy groups -OCH3 is 1. The maximum Gasteiger partial charge on any atom is 0.240 e. The van der Waals surface area contributed by atoms with Gasteiger partial charge in [0.05, 0.1) is 18.5 Å². The molecule has 8 nitrogen and oxygen atoms in total. The molecule has 1 atom stereocenters. The zero-order valence-corrected chi connectivity index (χ0v) is 17.5. The van der Waals surface area contributed by atoms with Crippen LogP contribution in [0.1, 0.15) is 6.42 Å². The molecule has 0 aliphatic carbocycles. The number of nitrogens with one attached hydrogen (secondary N) is 2. The SMILES string of the molecule is COc1ccc(Cl)cc1NC(=O)C[C@H]1SC(=Nc2ccc3c(c2)OCCO3)NC1=O. The van der Waals surface area contributed by atoms with E-state index in [1.807, 2.05) is 0 Å². The lowest BCUT2D eigenvalue weighted by atomic mass is 10.2. The molecule has 0 spiro atoms. The summed E-state index contributed by atoms with van der Waals surface area (Å²) in [5.41, 5.74) is 1.07. The molecule has 2 amide bonds. The van der Waals surface area contributed by atoms with Crippen molar-refractivity contribution in [2.24, 2.45) is 4.99 Å². The van der Waals surface area contributed by atoms with Crippen LogP contribution in [0.4, 0.5) is 11.4 Å². The molecule has 1 fully saturated rings. The Kier molecular flexibility index (Phi) is 6.01. The Bertz CT molecular complexity index is 1030. The van der Waals surface area contributed by atoms with Gasteiger partial charge in [0.15, 0.2) is 16.7 Å². The van der Waals surface area contributed by atoms with Gasteiger partial charge in [0.25, 0.3) is 0 Å². The highest BCUT2D eigenvalue weighted by atomic mass is 35.5. The Labute approximate surface area is 181 Å². The molecule has 1 saturated heterocycles. The van der Waals surface area contributed by atoms with Crippen LogP contribution < -0.4 is 24.8 Å². The summed E-state index contributed by atoms with van der Waals surface area (Å²) in [6.45, 7) is 0.991. The number of ether oxygens (including phenoxy) is 3. The molecule has 2 N–H and O–H groups in total. The monoisotopic (exact) mass is 447 g/mol. The Morgan fingerprint density at radius 1 is 1.27 bits per heavy atom. The zero-order chi connectivity index (χ0) is 21.1. The minimum atomic E-state index is -0.592. The fraction of sp³-hybridized carbons (Fsp3) is 0.250. The average molecular weight is 448 g/mol. The van der Waals surface area contributed by atoms with E-state index in [4.69, 9.17) is 25.8 Å². The molecule has 0 radical (unpaired) electrons. The van der Waals surface area contributed by atoms with Crippen LogP contribution in [0.3, 0.4) is 0 Å². The second kappa shape index (κ2) is 8.85. The van der Waals surface area contributed by atoms with Crippen LogP contribution in [0.5, 0.6) is 17.2 Å². The van der Waals surface area contributed by atoms with Crippen molar-refractivity contribution in [1.29, 1.82) is 0 Å². The van der Waals surface area contributed by atoms with Gasteiger partial charge >= 0.3 is 0 Å². The lowest BCUT2D eigenvalue weighted by Gasteiger charge is -2.18. The third kappa shape index (κ3) is 4.63. The number of benzene rings is 2. The number of carbonyl (C=O) groups is 2. The Balaban J connectivity index is 1.41. The third-order valence-electron chi connectivity index (χ3n) is 4.34. The number of anilines is 1. The molecule has 2 heterocycles. The number of hydrogen-bond donors (Lipinski definition) is 2. The van der Waals surface area contributed by atoms with E-state index in [2.05, 4.69) is 15.6 Å². The smallest absolute Gasteiger partial charge is 0.240 e. The molecule has 2 aromatic rings. The van der Waals surface area contributed by atoms with Crippen molar-refractivity contribution in [3.05, 3.63) is 41.4 Å². The summed E-state index contributed by atoms with van der Waals surface area (Å²) in [6.07, 6.45) is -0.0215. The van der Waals surface area contributed by atoms with E-state index >= 15 is 0 Å². The van der Waals surface area contributed by atoms with Gasteiger partial charge in [0, 0.05) is 17.5 Å². The number of thioether (sulfide) groups is 1. The van der Waals surface area contributed by atoms with E-state index in [9.17, 15) is 9.59 Å². The highest BCUT2D eigenvalue weighted by Crippen LogP contribution is 2.35. The van der Waals surface area contributed by atoms with Crippen molar-refractivity contribution in [1.82, 2.24) is 5.32 Å². The van der Waals surface area contributed by atoms with Gasteiger partial charge in [-0.15, -0.1) is 0 Å². The molecule has 0 saturated carbocycles. The lowest BCUT2D eigenvalue weighted by molar-refractivity contribution is -0.122. The molecular weight excluding hydrogens is 430 g/mol. The highest BCUT2D eigenvalue weighted by molar-refractivity contribution is 8.15. The van der Waals surface area contributed by atoms with Crippen LogP contribution in [-0.2, 0) is 9.59 Å². The first-order valence-electron chi connectivity index (χ1n) is 9.11. The molecule has 30 heavy (non-hydrogen) atoms. The molecule has 2 aromatic carbocycles. The van der Waals surface area contributed by atoms with Gasteiger partial charge in [0.1, 0.15) is 24.2 Å². The number of carbonyl (C=O) groups excluding carboxylic acids is 2. The van der Waals surface area contributed by atoms with Crippen molar-refractivity contribution >= 4 is 51.7 Å². The van der Waals surface area contributed by atoms with E-state index < -0.39 is 5.25 Å². The number of amides is 2. The van der Waals surface area contributed by atoms with E-state index in [1.165, 1.54) is 18.9 Å². The summed E-state index contributed by atoms with van der Waals surface area (Å²) in [7, 11) is 1.50. The molecule has 0 unspecified atom stereocenters. The predicted molar refractivity (Wildman–Crippen MR) is 115 cm³/mol. The van der Waals surface area contributed by atoms with Crippen molar-refractivity contribution in [2.45, 2.75) is 11.7 Å². The van der Waals surface area contributed by atoms with E-state index in [1.54, 1.807) is 36.4 Å². The standard InChI is InChI=1S/C20H18ClN3O5S/c1-27-14-4-2-11(21)8-13(14)23-18(25)10-17-19(26)24-20(30-17)22-12-3-5-15-16(9-12)29-7-6-28-15/h2-5,8-9,17H,6-7,10H2,1H3,(H,23,25)(H,22,24,26)/t17-/m1/s1. The minimum absolute atomic E-state index is 0.0215. The van der Waals surface area contributed by atoms with Crippen LogP contribution in [0.25, 0.3) is 0 Å². The quantitative estimate of drug-likeness (QED) is 0.729. The van der Waals surface area contributed by atoms with E-state index in [0.717, 1.165) is 0 Å². The molecule has 2 aliphatic heterocycles. The largest absolute Gasteiger partial charge is 0.495 e. The fourth-order valence-electron chi connectivity index (χ4n) is 2.96. The van der Waals surface area contributed by atoms with Gasteiger partial charge in [0.2, 0.25) is 11.8 Å². The van der Waals surface area contributed by atoms with Crippen LogP contribution in [-0.4, -0.2) is 42.6 Å². The van der Waals surface area contributed by atoms with Crippen molar-refractivity contribution in [3.8, 4) is 17.2 Å². The fourth-order valence-corrected chi connectivity index (χ4v) is 4.12. The molecule has 2 aliphatic rings. The van der Waals surface area contributed by atoms with Gasteiger partial charge in [-0.05, 0) is 30.3 Å². The number of aliphatic imine (C=N–C) groups is 1. The maximum absolute atomic E-state index is 12.4. The van der Waals surface area contributed by atoms with Crippen LogP contribution in [0.2, 0.25) is 5.02 Å². The van der Waals surface area contributed by atoms with Gasteiger partial charge in [-0.3, -0.25) is 9.59 Å². The number of halogens is 1. The summed E-state index contributed by atoms with van der Waals surface area (Å²) < 4.78 is 16.3. The summed E-state index contributed by atoms with van der Waals surface area (Å²) in [6, 6.07) is 10.2. The van der Waals surface area contributed by atoms with Crippen molar-refractivity contribution < 1.29 is 23.8 Å². The lowest BCUT2D eigenvalue weighted by Crippen LogP contribution is -2.28. The second-order valence-corrected chi connectivity index (χ2v) is 8.07. The molecule has 0 bridgehead atoms. The van der Waals surface area contributed by atoms with Gasteiger partial charge in [-0.1, -0.05) is 23.4 Å². The van der Waals surface area contributed by atoms with E-state index in [0.29, 0.717) is 52.0 Å². The van der Waals surface area contributed by atoms with Crippen molar-refractivity contribution in [2.75, 3.05) is 25.6 Å².